The number of aromatic nitrogens is 3. The number of fused-ring (bicyclic) bond motifs is 1. The highest BCUT2D eigenvalue weighted by Crippen LogP contribution is 2.40. The van der Waals surface area contributed by atoms with Crippen molar-refractivity contribution in [2.75, 3.05) is 6.61 Å². The maximum Gasteiger partial charge on any atom is 0.388 e. The molecule has 1 N–H and O–H groups in total. The number of carboxylic acid groups (broad SMARTS) is 1. The lowest BCUT2D eigenvalue weighted by molar-refractivity contribution is -0.139. The molecule has 0 radical (unpaired) electrons. The Balaban J connectivity index is 1.52. The zero-order valence-corrected chi connectivity index (χ0v) is 19.2. The van der Waals surface area contributed by atoms with E-state index in [4.69, 9.17) is 9.84 Å². The average Bonchev–Trinajstić information content (AvgIpc) is 3.58. The van der Waals surface area contributed by atoms with Crippen molar-refractivity contribution in [2.24, 2.45) is 0 Å². The third kappa shape index (κ3) is 4.84. The molecule has 0 saturated heterocycles. The van der Waals surface area contributed by atoms with Crippen LogP contribution >= 0.6 is 0 Å². The van der Waals surface area contributed by atoms with Crippen LogP contribution in [0, 0.1) is 12.7 Å². The van der Waals surface area contributed by atoms with Gasteiger partial charge >= 0.3 is 12.6 Å². The lowest BCUT2D eigenvalue weighted by Crippen LogP contribution is -2.12. The maximum atomic E-state index is 14.6. The second-order valence-electron chi connectivity index (χ2n) is 8.69. The van der Waals surface area contributed by atoms with Crippen molar-refractivity contribution in [3.63, 3.8) is 0 Å². The summed E-state index contributed by atoms with van der Waals surface area (Å²) in [6.07, 6.45) is 6.40. The molecule has 0 spiro atoms. The van der Waals surface area contributed by atoms with Crippen LogP contribution in [0.4, 0.5) is 13.2 Å². The molecule has 0 amide bonds. The van der Waals surface area contributed by atoms with Crippen LogP contribution in [-0.4, -0.2) is 39.1 Å². The summed E-state index contributed by atoms with van der Waals surface area (Å²) in [5, 5.41) is 13.6. The van der Waals surface area contributed by atoms with Crippen LogP contribution in [0.25, 0.3) is 16.6 Å². The van der Waals surface area contributed by atoms with E-state index in [0.29, 0.717) is 17.0 Å². The number of hydrogen-bond acceptors (Lipinski definition) is 5. The zero-order chi connectivity index (χ0) is 25.4. The van der Waals surface area contributed by atoms with Gasteiger partial charge in [0.05, 0.1) is 11.9 Å². The van der Waals surface area contributed by atoms with Crippen molar-refractivity contribution in [1.82, 2.24) is 14.8 Å². The number of nitrogens with zero attached hydrogens (tertiary/aromatic N) is 3. The third-order valence-electron chi connectivity index (χ3n) is 6.17. The summed E-state index contributed by atoms with van der Waals surface area (Å²) in [6.45, 7) is -2.20. The summed E-state index contributed by atoms with van der Waals surface area (Å²) < 4.78 is 52.8. The Kier molecular flexibility index (Phi) is 6.26. The van der Waals surface area contributed by atoms with E-state index in [2.05, 4.69) is 14.8 Å². The Morgan fingerprint density at radius 1 is 1.19 bits per heavy atom. The molecule has 186 valence electrons. The Bertz CT molecular complexity index is 1430. The number of pyridine rings is 1. The number of aryl methyl sites for hydroxylation is 1. The Morgan fingerprint density at radius 2 is 1.94 bits per heavy atom. The molecule has 1 fully saturated rings. The summed E-state index contributed by atoms with van der Waals surface area (Å²) in [5.74, 6) is -1.70. The molecule has 1 aliphatic carbocycles. The van der Waals surface area contributed by atoms with Crippen LogP contribution in [0.1, 0.15) is 41.0 Å². The molecular formula is C26H22F3N3O4. The smallest absolute Gasteiger partial charge is 0.388 e. The van der Waals surface area contributed by atoms with Gasteiger partial charge in [0, 0.05) is 23.6 Å². The predicted molar refractivity (Wildman–Crippen MR) is 125 cm³/mol. The highest BCUT2D eigenvalue weighted by molar-refractivity contribution is 5.91. The molecule has 0 bridgehead atoms. The molecule has 1 saturated carbocycles. The molecular weight excluding hydrogens is 475 g/mol. The number of rotatable bonds is 9. The normalized spacial score (nSPS) is 13.4. The first kappa shape index (κ1) is 23.7. The lowest BCUT2D eigenvalue weighted by atomic mass is 9.97. The molecule has 10 heteroatoms. The number of hydrogen-bond donors (Lipinski definition) is 1. The molecule has 2 heterocycles. The standard InChI is InChI=1S/C26H22F3N3O4/c1-14-19(10-15-2-6-18(7-3-15)32-12-17(11-30-32)16-4-5-16)25(36-26(28)29)31-24-20(27)8-9-21(23(14)24)35-13-22(33)34/h2-3,6-9,11-12,16,26H,4-5,10,13H2,1H3,(H,33,34). The van der Waals surface area contributed by atoms with Gasteiger partial charge in [-0.15, -0.1) is 0 Å². The third-order valence-corrected chi connectivity index (χ3v) is 6.17. The molecule has 0 atom stereocenters. The highest BCUT2D eigenvalue weighted by Gasteiger charge is 2.25. The fourth-order valence-electron chi connectivity index (χ4n) is 4.23. The van der Waals surface area contributed by atoms with Gasteiger partial charge in [-0.05, 0) is 66.6 Å². The van der Waals surface area contributed by atoms with Crippen molar-refractivity contribution >= 4 is 16.9 Å². The van der Waals surface area contributed by atoms with E-state index >= 15 is 0 Å². The van der Waals surface area contributed by atoms with Gasteiger partial charge in [-0.25, -0.2) is 18.9 Å². The first-order valence-corrected chi connectivity index (χ1v) is 11.3. The van der Waals surface area contributed by atoms with E-state index in [1.807, 2.05) is 36.7 Å². The second-order valence-corrected chi connectivity index (χ2v) is 8.69. The van der Waals surface area contributed by atoms with Crippen LogP contribution in [0.3, 0.4) is 0 Å². The molecule has 7 nitrogen and oxygen atoms in total. The largest absolute Gasteiger partial charge is 0.481 e. The first-order chi connectivity index (χ1) is 17.3. The topological polar surface area (TPSA) is 86.5 Å². The monoisotopic (exact) mass is 497 g/mol. The molecule has 0 unspecified atom stereocenters. The summed E-state index contributed by atoms with van der Waals surface area (Å²) >= 11 is 0. The summed E-state index contributed by atoms with van der Waals surface area (Å²) in [7, 11) is 0. The van der Waals surface area contributed by atoms with Crippen LogP contribution in [0.5, 0.6) is 11.6 Å². The SMILES string of the molecule is Cc1c(Cc2ccc(-n3cc(C4CC4)cn3)cc2)c(OC(F)F)nc2c(F)ccc(OCC(=O)O)c12. The van der Waals surface area contributed by atoms with Crippen molar-refractivity contribution in [1.29, 1.82) is 0 Å². The molecule has 1 aliphatic rings. The minimum atomic E-state index is -3.16. The van der Waals surface area contributed by atoms with Crippen molar-refractivity contribution in [3.8, 4) is 17.3 Å². The summed E-state index contributed by atoms with van der Waals surface area (Å²) in [5.41, 5.74) is 3.32. The van der Waals surface area contributed by atoms with E-state index < -0.39 is 30.9 Å². The van der Waals surface area contributed by atoms with Crippen molar-refractivity contribution in [3.05, 3.63) is 76.9 Å². The fourth-order valence-corrected chi connectivity index (χ4v) is 4.23. The van der Waals surface area contributed by atoms with E-state index in [1.54, 1.807) is 11.6 Å². The Labute approximate surface area is 204 Å². The van der Waals surface area contributed by atoms with Gasteiger partial charge in [0.2, 0.25) is 5.88 Å². The highest BCUT2D eigenvalue weighted by atomic mass is 19.3. The van der Waals surface area contributed by atoms with Crippen LogP contribution < -0.4 is 9.47 Å². The van der Waals surface area contributed by atoms with E-state index in [1.165, 1.54) is 24.5 Å². The van der Waals surface area contributed by atoms with Gasteiger partial charge in [-0.3, -0.25) is 0 Å². The van der Waals surface area contributed by atoms with Crippen molar-refractivity contribution in [2.45, 2.75) is 38.7 Å². The summed E-state index contributed by atoms with van der Waals surface area (Å²) in [4.78, 5) is 15.0. The number of carboxylic acids is 1. The lowest BCUT2D eigenvalue weighted by Gasteiger charge is -2.17. The maximum absolute atomic E-state index is 14.6. The van der Waals surface area contributed by atoms with E-state index in [9.17, 15) is 18.0 Å². The average molecular weight is 497 g/mol. The fraction of sp³-hybridized carbons (Fsp3) is 0.269. The van der Waals surface area contributed by atoms with Gasteiger partial charge in [0.15, 0.2) is 6.61 Å². The number of ether oxygens (including phenoxy) is 2. The Hall–Kier alpha value is -4.08. The number of carbonyl (C=O) groups is 1. The molecule has 36 heavy (non-hydrogen) atoms. The van der Waals surface area contributed by atoms with Crippen molar-refractivity contribution < 1.29 is 32.5 Å². The number of benzene rings is 2. The van der Waals surface area contributed by atoms with Gasteiger partial charge in [0.25, 0.3) is 0 Å². The first-order valence-electron chi connectivity index (χ1n) is 11.3. The van der Waals surface area contributed by atoms with E-state index in [0.717, 1.165) is 17.3 Å². The second kappa shape index (κ2) is 9.52. The number of halogens is 3. The van der Waals surface area contributed by atoms with Crippen LogP contribution in [0.2, 0.25) is 0 Å². The van der Waals surface area contributed by atoms with Gasteiger partial charge < -0.3 is 14.6 Å². The van der Waals surface area contributed by atoms with Crippen LogP contribution in [-0.2, 0) is 11.2 Å². The van der Waals surface area contributed by atoms with E-state index in [-0.39, 0.29) is 23.1 Å². The molecule has 5 rings (SSSR count). The number of alkyl halides is 2. The Morgan fingerprint density at radius 3 is 2.61 bits per heavy atom. The minimum Gasteiger partial charge on any atom is -0.481 e. The number of aliphatic carboxylic acids is 1. The minimum absolute atomic E-state index is 0.0872. The predicted octanol–water partition coefficient (Wildman–Crippen LogP) is 5.40. The summed E-state index contributed by atoms with van der Waals surface area (Å²) in [6, 6.07) is 9.77. The molecule has 4 aromatic rings. The van der Waals surface area contributed by atoms with Gasteiger partial charge in [-0.2, -0.15) is 13.9 Å². The zero-order valence-electron chi connectivity index (χ0n) is 19.2. The quantitative estimate of drug-likeness (QED) is 0.333. The van der Waals surface area contributed by atoms with Crippen LogP contribution in [0.15, 0.2) is 48.8 Å². The molecule has 0 aliphatic heterocycles. The molecule has 2 aromatic heterocycles. The van der Waals surface area contributed by atoms with Gasteiger partial charge in [-0.1, -0.05) is 12.1 Å². The molecule has 2 aromatic carbocycles. The van der Waals surface area contributed by atoms with Gasteiger partial charge in [0.1, 0.15) is 17.1 Å².